The van der Waals surface area contributed by atoms with Crippen molar-refractivity contribution >= 4 is 16.7 Å². The molecular weight excluding hydrogens is 226 g/mol. The molecule has 0 spiro atoms. The van der Waals surface area contributed by atoms with Crippen molar-refractivity contribution in [1.82, 2.24) is 0 Å². The highest BCUT2D eigenvalue weighted by Gasteiger charge is 2.40. The van der Waals surface area contributed by atoms with Crippen molar-refractivity contribution in [2.75, 3.05) is 0 Å². The summed E-state index contributed by atoms with van der Waals surface area (Å²) >= 11 is 0. The van der Waals surface area contributed by atoms with Gasteiger partial charge in [-0.25, -0.2) is 4.79 Å². The summed E-state index contributed by atoms with van der Waals surface area (Å²) in [6.07, 6.45) is 0. The molecule has 4 heteroatoms. The van der Waals surface area contributed by atoms with Crippen LogP contribution in [0.15, 0.2) is 36.4 Å². The van der Waals surface area contributed by atoms with E-state index in [2.05, 4.69) is 0 Å². The van der Waals surface area contributed by atoms with Gasteiger partial charge in [-0.15, -0.1) is 0 Å². The second-order valence-electron chi connectivity index (χ2n) is 3.94. The molecule has 0 radical (unpaired) electrons. The van der Waals surface area contributed by atoms with Crippen LogP contribution in [0.5, 0.6) is 0 Å². The van der Waals surface area contributed by atoms with Gasteiger partial charge in [-0.2, -0.15) is 8.78 Å². The van der Waals surface area contributed by atoms with Crippen LogP contribution in [-0.4, -0.2) is 11.1 Å². The predicted molar refractivity (Wildman–Crippen MR) is 60.2 cm³/mol. The summed E-state index contributed by atoms with van der Waals surface area (Å²) in [5.41, 5.74) is 0.525. The number of halogens is 2. The van der Waals surface area contributed by atoms with E-state index in [0.29, 0.717) is 5.39 Å². The number of alkyl halides is 2. The Bertz CT molecular complexity index is 591. The van der Waals surface area contributed by atoms with Crippen LogP contribution in [0.4, 0.5) is 8.78 Å². The van der Waals surface area contributed by atoms with E-state index in [9.17, 15) is 13.6 Å². The van der Waals surface area contributed by atoms with Crippen molar-refractivity contribution in [3.63, 3.8) is 0 Å². The van der Waals surface area contributed by atoms with E-state index in [1.807, 2.05) is 13.0 Å². The van der Waals surface area contributed by atoms with Gasteiger partial charge in [0.1, 0.15) is 0 Å². The van der Waals surface area contributed by atoms with Crippen molar-refractivity contribution in [2.24, 2.45) is 0 Å². The molecule has 0 saturated carbocycles. The maximum absolute atomic E-state index is 13.3. The van der Waals surface area contributed by atoms with E-state index in [1.165, 1.54) is 12.1 Å². The van der Waals surface area contributed by atoms with Gasteiger partial charge in [0.2, 0.25) is 0 Å². The molecule has 88 valence electrons. The number of hydrogen-bond donors (Lipinski definition) is 1. The molecule has 0 aliphatic rings. The summed E-state index contributed by atoms with van der Waals surface area (Å²) in [5.74, 6) is -5.98. The van der Waals surface area contributed by atoms with Gasteiger partial charge in [-0.05, 0) is 23.8 Å². The summed E-state index contributed by atoms with van der Waals surface area (Å²) in [4.78, 5) is 10.5. The van der Waals surface area contributed by atoms with Crippen LogP contribution in [0, 0.1) is 6.92 Å². The molecule has 0 unspecified atom stereocenters. The minimum Gasteiger partial charge on any atom is -0.477 e. The van der Waals surface area contributed by atoms with Gasteiger partial charge < -0.3 is 5.11 Å². The van der Waals surface area contributed by atoms with Gasteiger partial charge in [0.15, 0.2) is 0 Å². The third kappa shape index (κ3) is 1.98. The zero-order chi connectivity index (χ0) is 12.6. The highest BCUT2D eigenvalue weighted by molar-refractivity contribution is 5.86. The van der Waals surface area contributed by atoms with E-state index >= 15 is 0 Å². The molecule has 0 bridgehead atoms. The fourth-order valence-corrected chi connectivity index (χ4v) is 1.68. The van der Waals surface area contributed by atoms with E-state index < -0.39 is 17.5 Å². The van der Waals surface area contributed by atoms with Crippen LogP contribution in [0.2, 0.25) is 0 Å². The minimum absolute atomic E-state index is 0.499. The van der Waals surface area contributed by atoms with Gasteiger partial charge in [-0.1, -0.05) is 35.9 Å². The Kier molecular flexibility index (Phi) is 2.58. The molecule has 0 saturated heterocycles. The summed E-state index contributed by atoms with van der Waals surface area (Å²) in [7, 11) is 0. The Balaban J connectivity index is 2.59. The molecule has 0 aliphatic heterocycles. The maximum atomic E-state index is 13.3. The lowest BCUT2D eigenvalue weighted by molar-refractivity contribution is -0.166. The Morgan fingerprint density at radius 1 is 1.12 bits per heavy atom. The third-order valence-electron chi connectivity index (χ3n) is 2.63. The fourth-order valence-electron chi connectivity index (χ4n) is 1.68. The lowest BCUT2D eigenvalue weighted by Crippen LogP contribution is -2.25. The van der Waals surface area contributed by atoms with Gasteiger partial charge in [0.25, 0.3) is 0 Å². The first-order chi connectivity index (χ1) is 7.91. The quantitative estimate of drug-likeness (QED) is 0.868. The van der Waals surface area contributed by atoms with Crippen LogP contribution < -0.4 is 0 Å². The normalized spacial score (nSPS) is 11.7. The predicted octanol–water partition coefficient (Wildman–Crippen LogP) is 3.32. The standard InChI is InChI=1S/C13H10F2O2/c1-8-2-3-10-7-11(5-4-9(10)6-8)13(14,15)12(16)17/h2-7H,1H3,(H,16,17). The maximum Gasteiger partial charge on any atom is 0.379 e. The molecule has 2 nitrogen and oxygen atoms in total. The largest absolute Gasteiger partial charge is 0.477 e. The van der Waals surface area contributed by atoms with E-state index in [0.717, 1.165) is 17.0 Å². The SMILES string of the molecule is Cc1ccc2cc(C(F)(F)C(=O)O)ccc2c1. The molecule has 2 aromatic rings. The van der Waals surface area contributed by atoms with E-state index in [-0.39, 0.29) is 0 Å². The first-order valence-corrected chi connectivity index (χ1v) is 5.03. The Labute approximate surface area is 96.5 Å². The molecular formula is C13H10F2O2. The number of aliphatic carboxylic acids is 1. The van der Waals surface area contributed by atoms with Gasteiger partial charge in [0.05, 0.1) is 0 Å². The van der Waals surface area contributed by atoms with E-state index in [4.69, 9.17) is 5.11 Å². The number of carboxylic acids is 1. The Morgan fingerprint density at radius 2 is 1.71 bits per heavy atom. The number of carbonyl (C=O) groups is 1. The number of hydrogen-bond acceptors (Lipinski definition) is 1. The number of rotatable bonds is 2. The lowest BCUT2D eigenvalue weighted by atomic mass is 10.0. The summed E-state index contributed by atoms with van der Waals surface area (Å²) in [6, 6.07) is 9.22. The highest BCUT2D eigenvalue weighted by atomic mass is 19.3. The Hall–Kier alpha value is -1.97. The smallest absolute Gasteiger partial charge is 0.379 e. The topological polar surface area (TPSA) is 37.3 Å². The molecule has 2 rings (SSSR count). The van der Waals surface area contributed by atoms with Crippen molar-refractivity contribution in [2.45, 2.75) is 12.8 Å². The van der Waals surface area contributed by atoms with Crippen LogP contribution in [0.3, 0.4) is 0 Å². The fraction of sp³-hybridized carbons (Fsp3) is 0.154. The third-order valence-corrected chi connectivity index (χ3v) is 2.63. The zero-order valence-corrected chi connectivity index (χ0v) is 9.08. The van der Waals surface area contributed by atoms with Crippen molar-refractivity contribution < 1.29 is 18.7 Å². The average Bonchev–Trinajstić information content (AvgIpc) is 2.28. The molecule has 0 aromatic heterocycles. The molecule has 17 heavy (non-hydrogen) atoms. The first-order valence-electron chi connectivity index (χ1n) is 5.03. The molecule has 0 amide bonds. The summed E-state index contributed by atoms with van der Waals surface area (Å²) < 4.78 is 26.6. The second-order valence-corrected chi connectivity index (χ2v) is 3.94. The van der Waals surface area contributed by atoms with Crippen LogP contribution in [-0.2, 0) is 10.7 Å². The average molecular weight is 236 g/mol. The van der Waals surface area contributed by atoms with Crippen molar-refractivity contribution in [3.8, 4) is 0 Å². The molecule has 1 N–H and O–H groups in total. The highest BCUT2D eigenvalue weighted by Crippen LogP contribution is 2.30. The van der Waals surface area contributed by atoms with Crippen molar-refractivity contribution in [1.29, 1.82) is 0 Å². The molecule has 0 atom stereocenters. The zero-order valence-electron chi connectivity index (χ0n) is 9.08. The monoisotopic (exact) mass is 236 g/mol. The second kappa shape index (κ2) is 3.80. The lowest BCUT2D eigenvalue weighted by Gasteiger charge is -2.12. The molecule has 0 aliphatic carbocycles. The molecule has 0 heterocycles. The summed E-state index contributed by atoms with van der Waals surface area (Å²) in [6.45, 7) is 1.90. The molecule has 0 fully saturated rings. The number of fused-ring (bicyclic) bond motifs is 1. The van der Waals surface area contributed by atoms with Crippen LogP contribution >= 0.6 is 0 Å². The van der Waals surface area contributed by atoms with Crippen molar-refractivity contribution in [3.05, 3.63) is 47.5 Å². The van der Waals surface area contributed by atoms with Gasteiger partial charge in [0, 0.05) is 5.56 Å². The van der Waals surface area contributed by atoms with E-state index in [1.54, 1.807) is 12.1 Å². The first kappa shape index (κ1) is 11.5. The Morgan fingerprint density at radius 3 is 2.35 bits per heavy atom. The number of benzene rings is 2. The van der Waals surface area contributed by atoms with Crippen LogP contribution in [0.25, 0.3) is 10.8 Å². The van der Waals surface area contributed by atoms with Gasteiger partial charge in [-0.3, -0.25) is 0 Å². The minimum atomic E-state index is -3.85. The van der Waals surface area contributed by atoms with Gasteiger partial charge >= 0.3 is 11.9 Å². The molecule has 2 aromatic carbocycles. The number of carboxylic acid groups (broad SMARTS) is 1. The van der Waals surface area contributed by atoms with Crippen LogP contribution in [0.1, 0.15) is 11.1 Å². The number of aryl methyl sites for hydroxylation is 1. The summed E-state index contributed by atoms with van der Waals surface area (Å²) in [5, 5.41) is 9.88.